The molecular weight excluding hydrogens is 378 g/mol. The molecule has 2 aromatic carbocycles. The normalized spacial score (nSPS) is 12.8. The Morgan fingerprint density at radius 3 is 2.67 bits per heavy atom. The number of para-hydroxylation sites is 1. The fourth-order valence-electron chi connectivity index (χ4n) is 2.24. The van der Waals surface area contributed by atoms with E-state index < -0.39 is 5.82 Å². The highest BCUT2D eigenvalue weighted by molar-refractivity contribution is 9.10. The summed E-state index contributed by atoms with van der Waals surface area (Å²) in [7, 11) is 0. The van der Waals surface area contributed by atoms with Crippen LogP contribution in [0.2, 0.25) is 5.02 Å². The van der Waals surface area contributed by atoms with Crippen LogP contribution in [0.3, 0.4) is 0 Å². The SMILES string of the molecule is CC(Cl)c1nc2cc(Cl)c(F)cc2n1-c1ccccc1Br. The molecule has 0 aliphatic rings. The number of rotatable bonds is 2. The van der Waals surface area contributed by atoms with Crippen LogP contribution in [-0.4, -0.2) is 9.55 Å². The highest BCUT2D eigenvalue weighted by atomic mass is 79.9. The molecule has 0 fully saturated rings. The average molecular weight is 388 g/mol. The van der Waals surface area contributed by atoms with Crippen molar-refractivity contribution in [2.24, 2.45) is 0 Å². The maximum absolute atomic E-state index is 13.8. The van der Waals surface area contributed by atoms with E-state index in [1.165, 1.54) is 12.1 Å². The van der Waals surface area contributed by atoms with Crippen molar-refractivity contribution in [2.45, 2.75) is 12.3 Å². The molecule has 0 aliphatic heterocycles. The molecular formula is C15H10BrCl2FN2. The average Bonchev–Trinajstić information content (AvgIpc) is 2.78. The molecule has 108 valence electrons. The van der Waals surface area contributed by atoms with Crippen molar-refractivity contribution in [1.29, 1.82) is 0 Å². The Labute approximate surface area is 139 Å². The summed E-state index contributed by atoms with van der Waals surface area (Å²) in [6.45, 7) is 1.83. The summed E-state index contributed by atoms with van der Waals surface area (Å²) < 4.78 is 16.6. The molecule has 0 saturated heterocycles. The van der Waals surface area contributed by atoms with Crippen molar-refractivity contribution in [2.75, 3.05) is 0 Å². The maximum atomic E-state index is 13.8. The van der Waals surface area contributed by atoms with E-state index in [4.69, 9.17) is 23.2 Å². The Balaban J connectivity index is 2.41. The summed E-state index contributed by atoms with van der Waals surface area (Å²) in [5.41, 5.74) is 2.09. The number of aromatic nitrogens is 2. The van der Waals surface area contributed by atoms with Gasteiger partial charge in [0.25, 0.3) is 0 Å². The lowest BCUT2D eigenvalue weighted by Crippen LogP contribution is -2.02. The monoisotopic (exact) mass is 386 g/mol. The van der Waals surface area contributed by atoms with Gasteiger partial charge in [0, 0.05) is 10.5 Å². The molecule has 0 N–H and O–H groups in total. The first kappa shape index (κ1) is 14.8. The van der Waals surface area contributed by atoms with Crippen LogP contribution < -0.4 is 0 Å². The van der Waals surface area contributed by atoms with Gasteiger partial charge in [-0.3, -0.25) is 4.57 Å². The zero-order valence-electron chi connectivity index (χ0n) is 10.9. The number of fused-ring (bicyclic) bond motifs is 1. The van der Waals surface area contributed by atoms with Crippen molar-refractivity contribution in [3.05, 3.63) is 57.5 Å². The van der Waals surface area contributed by atoms with Gasteiger partial charge < -0.3 is 0 Å². The summed E-state index contributed by atoms with van der Waals surface area (Å²) in [4.78, 5) is 4.49. The topological polar surface area (TPSA) is 17.8 Å². The first-order valence-electron chi connectivity index (χ1n) is 6.25. The third kappa shape index (κ3) is 2.56. The molecule has 1 unspecified atom stereocenters. The van der Waals surface area contributed by atoms with Gasteiger partial charge in [0.15, 0.2) is 0 Å². The predicted octanol–water partition coefficient (Wildman–Crippen LogP) is 5.88. The summed E-state index contributed by atoms with van der Waals surface area (Å²) in [6, 6.07) is 10.5. The molecule has 1 heterocycles. The van der Waals surface area contributed by atoms with E-state index in [9.17, 15) is 4.39 Å². The number of imidazole rings is 1. The molecule has 3 rings (SSSR count). The lowest BCUT2D eigenvalue weighted by atomic mass is 10.2. The van der Waals surface area contributed by atoms with Crippen LogP contribution >= 0.6 is 39.1 Å². The Hall–Kier alpha value is -1.10. The molecule has 0 saturated carbocycles. The molecule has 0 amide bonds. The van der Waals surface area contributed by atoms with E-state index in [1.54, 1.807) is 0 Å². The standard InChI is InChI=1S/C15H10BrCl2FN2/c1-8(17)15-20-12-6-10(18)11(19)7-14(12)21(15)13-5-3-2-4-9(13)16/h2-8H,1H3. The van der Waals surface area contributed by atoms with Crippen LogP contribution in [0.15, 0.2) is 40.9 Å². The van der Waals surface area contributed by atoms with Crippen molar-refractivity contribution in [3.63, 3.8) is 0 Å². The lowest BCUT2D eigenvalue weighted by molar-refractivity contribution is 0.629. The lowest BCUT2D eigenvalue weighted by Gasteiger charge is -2.12. The van der Waals surface area contributed by atoms with Crippen molar-refractivity contribution < 1.29 is 4.39 Å². The van der Waals surface area contributed by atoms with Crippen LogP contribution in [0.1, 0.15) is 18.1 Å². The van der Waals surface area contributed by atoms with Gasteiger partial charge in [-0.05, 0) is 41.1 Å². The predicted molar refractivity (Wildman–Crippen MR) is 88.0 cm³/mol. The molecule has 6 heteroatoms. The third-order valence-corrected chi connectivity index (χ3v) is 4.33. The molecule has 1 atom stereocenters. The van der Waals surface area contributed by atoms with Gasteiger partial charge in [0.05, 0.1) is 27.1 Å². The zero-order chi connectivity index (χ0) is 15.1. The second kappa shape index (κ2) is 5.59. The van der Waals surface area contributed by atoms with E-state index in [0.717, 1.165) is 10.2 Å². The minimum Gasteiger partial charge on any atom is -0.294 e. The van der Waals surface area contributed by atoms with Gasteiger partial charge in [0.1, 0.15) is 11.6 Å². The number of hydrogen-bond donors (Lipinski definition) is 0. The third-order valence-electron chi connectivity index (χ3n) is 3.17. The van der Waals surface area contributed by atoms with Crippen LogP contribution in [0.4, 0.5) is 4.39 Å². The molecule has 0 bridgehead atoms. The van der Waals surface area contributed by atoms with Crippen molar-refractivity contribution >= 4 is 50.2 Å². The number of hydrogen-bond acceptors (Lipinski definition) is 1. The Morgan fingerprint density at radius 1 is 1.29 bits per heavy atom. The summed E-state index contributed by atoms with van der Waals surface area (Å²) in [5, 5.41) is -0.278. The van der Waals surface area contributed by atoms with Gasteiger partial charge in [-0.15, -0.1) is 11.6 Å². The second-order valence-corrected chi connectivity index (χ2v) is 6.54. The van der Waals surface area contributed by atoms with E-state index in [0.29, 0.717) is 16.9 Å². The highest BCUT2D eigenvalue weighted by Crippen LogP contribution is 2.33. The first-order valence-corrected chi connectivity index (χ1v) is 7.86. The number of benzene rings is 2. The highest BCUT2D eigenvalue weighted by Gasteiger charge is 2.19. The van der Waals surface area contributed by atoms with Crippen LogP contribution in [0, 0.1) is 5.82 Å². The molecule has 21 heavy (non-hydrogen) atoms. The largest absolute Gasteiger partial charge is 0.294 e. The van der Waals surface area contributed by atoms with Crippen LogP contribution in [-0.2, 0) is 0 Å². The summed E-state index contributed by atoms with van der Waals surface area (Å²) in [5.74, 6) is 0.159. The van der Waals surface area contributed by atoms with Crippen molar-refractivity contribution in [1.82, 2.24) is 9.55 Å². The molecule has 2 nitrogen and oxygen atoms in total. The van der Waals surface area contributed by atoms with Gasteiger partial charge >= 0.3 is 0 Å². The zero-order valence-corrected chi connectivity index (χ0v) is 14.0. The van der Waals surface area contributed by atoms with Gasteiger partial charge in [0.2, 0.25) is 0 Å². The first-order chi connectivity index (χ1) is 9.99. The quantitative estimate of drug-likeness (QED) is 0.502. The maximum Gasteiger partial charge on any atom is 0.144 e. The van der Waals surface area contributed by atoms with Crippen LogP contribution in [0.5, 0.6) is 0 Å². The fourth-order valence-corrected chi connectivity index (χ4v) is 3.01. The molecule has 0 aliphatic carbocycles. The summed E-state index contributed by atoms with van der Waals surface area (Å²) in [6.07, 6.45) is 0. The smallest absolute Gasteiger partial charge is 0.144 e. The minimum absolute atomic E-state index is 0.0491. The Bertz CT molecular complexity index is 830. The molecule has 0 radical (unpaired) electrons. The Morgan fingerprint density at radius 2 is 2.00 bits per heavy atom. The second-order valence-electron chi connectivity index (χ2n) is 4.63. The minimum atomic E-state index is -0.480. The fraction of sp³-hybridized carbons (Fsp3) is 0.133. The van der Waals surface area contributed by atoms with Gasteiger partial charge in [-0.25, -0.2) is 9.37 Å². The van der Waals surface area contributed by atoms with E-state index in [2.05, 4.69) is 20.9 Å². The molecule has 1 aromatic heterocycles. The van der Waals surface area contributed by atoms with E-state index in [1.807, 2.05) is 35.8 Å². The van der Waals surface area contributed by atoms with E-state index >= 15 is 0 Å². The summed E-state index contributed by atoms with van der Waals surface area (Å²) >= 11 is 15.6. The van der Waals surface area contributed by atoms with E-state index in [-0.39, 0.29) is 10.4 Å². The van der Waals surface area contributed by atoms with Gasteiger partial charge in [-0.1, -0.05) is 23.7 Å². The van der Waals surface area contributed by atoms with Crippen LogP contribution in [0.25, 0.3) is 16.7 Å². The number of nitrogens with zero attached hydrogens (tertiary/aromatic N) is 2. The molecule has 0 spiro atoms. The molecule has 3 aromatic rings. The number of alkyl halides is 1. The Kier molecular flexibility index (Phi) is 3.95. The van der Waals surface area contributed by atoms with Gasteiger partial charge in [-0.2, -0.15) is 0 Å². The number of halogens is 4. The van der Waals surface area contributed by atoms with Crippen molar-refractivity contribution in [3.8, 4) is 5.69 Å².